The molecular weight excluding hydrogens is 697 g/mol. The van der Waals surface area contributed by atoms with Gasteiger partial charge in [0, 0.05) is 33.8 Å². The third-order valence-electron chi connectivity index (χ3n) is 10.8. The third-order valence-corrected chi connectivity index (χ3v) is 15.6. The molecule has 8 aromatic carbocycles. The average molecular weight is 733 g/mol. The predicted octanol–water partition coefficient (Wildman–Crippen LogP) is 9.70. The first-order chi connectivity index (χ1) is 27.8. The Hall–Kier alpha value is -7.21. The molecule has 1 aliphatic heterocycles. The summed E-state index contributed by atoms with van der Waals surface area (Å²) in [6.07, 6.45) is 0. The van der Waals surface area contributed by atoms with Crippen molar-refractivity contribution < 1.29 is 0 Å². The van der Waals surface area contributed by atoms with Gasteiger partial charge in [-0.25, -0.2) is 15.0 Å². The number of hydrogen-bond acceptors (Lipinski definition) is 4. The molecule has 0 spiro atoms. The maximum absolute atomic E-state index is 5.24. The summed E-state index contributed by atoms with van der Waals surface area (Å²) in [5.74, 6) is 1.92. The number of nitrogens with zero attached hydrogens (tertiary/aromatic N) is 4. The Morgan fingerprint density at radius 3 is 1.32 bits per heavy atom. The van der Waals surface area contributed by atoms with Crippen LogP contribution in [0.5, 0.6) is 0 Å². The molecule has 4 nitrogen and oxygen atoms in total. The summed E-state index contributed by atoms with van der Waals surface area (Å²) >= 11 is 0. The van der Waals surface area contributed by atoms with Gasteiger partial charge in [-0.1, -0.05) is 188 Å². The van der Waals surface area contributed by atoms with Gasteiger partial charge in [0.25, 0.3) is 0 Å². The quantitative estimate of drug-likeness (QED) is 0.153. The molecule has 0 amide bonds. The van der Waals surface area contributed by atoms with Crippen LogP contribution in [-0.2, 0) is 0 Å². The molecule has 1 aromatic heterocycles. The Balaban J connectivity index is 1.20. The highest BCUT2D eigenvalue weighted by molar-refractivity contribution is 7.21. The number of benzene rings is 8. The van der Waals surface area contributed by atoms with Crippen molar-refractivity contribution in [1.82, 2.24) is 15.0 Å². The van der Waals surface area contributed by atoms with Crippen LogP contribution in [0.15, 0.2) is 218 Å². The minimum absolute atomic E-state index is 0.638. The van der Waals surface area contributed by atoms with Gasteiger partial charge in [-0.05, 0) is 62.2 Å². The van der Waals surface area contributed by atoms with Crippen molar-refractivity contribution in [2.75, 3.05) is 4.90 Å². The molecule has 56 heavy (non-hydrogen) atoms. The number of aromatic nitrogens is 3. The van der Waals surface area contributed by atoms with Crippen molar-refractivity contribution >= 4 is 45.9 Å². The number of para-hydroxylation sites is 3. The van der Waals surface area contributed by atoms with Crippen molar-refractivity contribution in [1.29, 1.82) is 0 Å². The zero-order chi connectivity index (χ0) is 37.3. The van der Waals surface area contributed by atoms with E-state index in [0.29, 0.717) is 17.5 Å². The molecule has 10 rings (SSSR count). The first kappa shape index (κ1) is 33.4. The zero-order valence-electron chi connectivity index (χ0n) is 30.6. The Morgan fingerprint density at radius 1 is 0.304 bits per heavy atom. The Kier molecular flexibility index (Phi) is 8.47. The molecule has 0 saturated heterocycles. The molecule has 0 aliphatic carbocycles. The van der Waals surface area contributed by atoms with Gasteiger partial charge in [0.05, 0.1) is 0 Å². The summed E-state index contributed by atoms with van der Waals surface area (Å²) in [7, 11) is -2.93. The van der Waals surface area contributed by atoms with E-state index in [0.717, 1.165) is 33.5 Å². The van der Waals surface area contributed by atoms with Crippen LogP contribution in [0.2, 0.25) is 0 Å². The standard InChI is InChI=1S/C51H36N4Si/c1-5-19-37(20-6-1)39-23-17-24-40(35-39)50-52-49(38-21-7-2-8-22-38)53-51(54-50)41-25-18-30-44(36-41)56(43-28-11-4-12-29-43)47-33-15-13-31-45(47)55(42-26-9-3-10-27-42)46-32-14-16-34-48(46)56/h1-36H. The fourth-order valence-electron chi connectivity index (χ4n) is 8.29. The minimum Gasteiger partial charge on any atom is -0.311 e. The van der Waals surface area contributed by atoms with Crippen molar-refractivity contribution in [2.45, 2.75) is 0 Å². The lowest BCUT2D eigenvalue weighted by molar-refractivity contribution is 1.07. The normalized spacial score (nSPS) is 12.8. The van der Waals surface area contributed by atoms with E-state index in [-0.39, 0.29) is 0 Å². The van der Waals surface area contributed by atoms with Crippen LogP contribution in [0, 0.1) is 0 Å². The molecule has 0 unspecified atom stereocenters. The fraction of sp³-hybridized carbons (Fsp3) is 0. The molecule has 1 aliphatic rings. The predicted molar refractivity (Wildman–Crippen MR) is 233 cm³/mol. The van der Waals surface area contributed by atoms with Crippen LogP contribution in [0.1, 0.15) is 0 Å². The first-order valence-corrected chi connectivity index (χ1v) is 21.0. The lowest BCUT2D eigenvalue weighted by atomic mass is 10.0. The van der Waals surface area contributed by atoms with E-state index in [1.54, 1.807) is 0 Å². The lowest BCUT2D eigenvalue weighted by Crippen LogP contribution is -2.77. The highest BCUT2D eigenvalue weighted by Crippen LogP contribution is 2.38. The molecular formula is C51H36N4Si. The van der Waals surface area contributed by atoms with Gasteiger partial charge >= 0.3 is 0 Å². The summed E-state index contributed by atoms with van der Waals surface area (Å²) in [5, 5.41) is 5.27. The van der Waals surface area contributed by atoms with Crippen molar-refractivity contribution in [3.05, 3.63) is 218 Å². The van der Waals surface area contributed by atoms with E-state index in [1.165, 1.54) is 32.1 Å². The second-order valence-electron chi connectivity index (χ2n) is 14.0. The van der Waals surface area contributed by atoms with Crippen LogP contribution in [0.25, 0.3) is 45.3 Å². The molecule has 0 saturated carbocycles. The van der Waals surface area contributed by atoms with Gasteiger partial charge in [0.2, 0.25) is 0 Å². The number of anilines is 3. The highest BCUT2D eigenvalue weighted by Gasteiger charge is 2.48. The maximum Gasteiger partial charge on any atom is 0.184 e. The van der Waals surface area contributed by atoms with Crippen LogP contribution >= 0.6 is 0 Å². The fourth-order valence-corrected chi connectivity index (χ4v) is 13.4. The molecule has 9 aromatic rings. The number of rotatable bonds is 7. The molecule has 264 valence electrons. The van der Waals surface area contributed by atoms with Gasteiger partial charge in [-0.15, -0.1) is 0 Å². The van der Waals surface area contributed by atoms with Gasteiger partial charge in [-0.2, -0.15) is 0 Å². The monoisotopic (exact) mass is 732 g/mol. The minimum atomic E-state index is -2.93. The number of hydrogen-bond donors (Lipinski definition) is 0. The van der Waals surface area contributed by atoms with Crippen molar-refractivity contribution in [2.24, 2.45) is 0 Å². The first-order valence-electron chi connectivity index (χ1n) is 19.0. The van der Waals surface area contributed by atoms with Gasteiger partial charge in [-0.3, -0.25) is 0 Å². The van der Waals surface area contributed by atoms with E-state index < -0.39 is 8.07 Å². The SMILES string of the molecule is c1ccc(-c2cccc(-c3nc(-c4ccccc4)nc(-c4cccc([Si]5(c6ccccc6)c6ccccc6N(c6ccccc6)c6ccccc65)c4)n3)c2)cc1. The average Bonchev–Trinajstić information content (AvgIpc) is 3.29. The summed E-state index contributed by atoms with van der Waals surface area (Å²) in [5.41, 5.74) is 8.63. The number of fused-ring (bicyclic) bond motifs is 2. The highest BCUT2D eigenvalue weighted by atomic mass is 28.3. The Morgan fingerprint density at radius 2 is 0.714 bits per heavy atom. The van der Waals surface area contributed by atoms with Gasteiger partial charge in [0.1, 0.15) is 0 Å². The van der Waals surface area contributed by atoms with Crippen molar-refractivity contribution in [3.63, 3.8) is 0 Å². The Bertz CT molecular complexity index is 2760. The second-order valence-corrected chi connectivity index (χ2v) is 17.8. The van der Waals surface area contributed by atoms with Crippen LogP contribution < -0.4 is 25.6 Å². The molecule has 0 N–H and O–H groups in total. The summed E-state index contributed by atoms with van der Waals surface area (Å²) in [6, 6.07) is 77.9. The van der Waals surface area contributed by atoms with E-state index >= 15 is 0 Å². The molecule has 0 radical (unpaired) electrons. The van der Waals surface area contributed by atoms with E-state index in [1.807, 2.05) is 24.3 Å². The van der Waals surface area contributed by atoms with Crippen molar-refractivity contribution in [3.8, 4) is 45.3 Å². The zero-order valence-corrected chi connectivity index (χ0v) is 31.6. The van der Waals surface area contributed by atoms with E-state index in [2.05, 4.69) is 199 Å². The molecule has 0 atom stereocenters. The topological polar surface area (TPSA) is 41.9 Å². The maximum atomic E-state index is 5.24. The summed E-state index contributed by atoms with van der Waals surface area (Å²) in [6.45, 7) is 0. The molecule has 2 heterocycles. The molecule has 5 heteroatoms. The lowest BCUT2D eigenvalue weighted by Gasteiger charge is -2.45. The smallest absolute Gasteiger partial charge is 0.184 e. The third kappa shape index (κ3) is 5.73. The van der Waals surface area contributed by atoms with Gasteiger partial charge in [0.15, 0.2) is 25.5 Å². The van der Waals surface area contributed by atoms with Gasteiger partial charge < -0.3 is 4.90 Å². The van der Waals surface area contributed by atoms with E-state index in [9.17, 15) is 0 Å². The Labute approximate surface area is 328 Å². The largest absolute Gasteiger partial charge is 0.311 e. The van der Waals surface area contributed by atoms with E-state index in [4.69, 9.17) is 15.0 Å². The van der Waals surface area contributed by atoms with Crippen LogP contribution in [-0.4, -0.2) is 23.0 Å². The summed E-state index contributed by atoms with van der Waals surface area (Å²) in [4.78, 5) is 17.9. The van der Waals surface area contributed by atoms with Crippen LogP contribution in [0.3, 0.4) is 0 Å². The molecule has 0 bridgehead atoms. The summed E-state index contributed by atoms with van der Waals surface area (Å²) < 4.78 is 0. The molecule has 0 fully saturated rings. The van der Waals surface area contributed by atoms with Crippen LogP contribution in [0.4, 0.5) is 17.1 Å². The second kappa shape index (κ2) is 14.2.